The number of carbonyl (C=O) groups is 1. The molecule has 0 spiro atoms. The number of ether oxygens (including phenoxy) is 2. The number of imidazole rings is 1. The average Bonchev–Trinajstić information content (AvgIpc) is 3.44. The molecule has 0 amide bonds. The molecule has 17 heteroatoms. The maximum atomic E-state index is 15.3. The Labute approximate surface area is 225 Å². The summed E-state index contributed by atoms with van der Waals surface area (Å²) in [7, 11) is -4.56. The average molecular weight is 588 g/mol. The van der Waals surface area contributed by atoms with E-state index in [0.717, 1.165) is 10.9 Å². The van der Waals surface area contributed by atoms with E-state index in [9.17, 15) is 22.9 Å². The summed E-state index contributed by atoms with van der Waals surface area (Å²) < 4.78 is 80.3. The standard InChI is InChI=1S/C23H28F3N6O7P/c1-12(2)37-20(34)13(3)31-40(35,39-14-7-5-4-6-8-14)36-10-23(21(25)26)9-15(24)19(38-23)32-11-28-16-17(32)29-22(27)30-18(16)33/h4-8,11-13,15,19,21H,9-10H2,1-3H3,(H,31,35)(H3,27,29,30,33)/t13-,15+,19+,23-,40?/m0/s1. The molecule has 1 aliphatic heterocycles. The number of para-hydroxylation sites is 1. The van der Waals surface area contributed by atoms with Crippen LogP contribution in [-0.4, -0.2) is 62.4 Å². The summed E-state index contributed by atoms with van der Waals surface area (Å²) in [6, 6.07) is 6.42. The largest absolute Gasteiger partial charge is 0.462 e. The van der Waals surface area contributed by atoms with E-state index in [2.05, 4.69) is 20.0 Å². The third-order valence-corrected chi connectivity index (χ3v) is 7.46. The van der Waals surface area contributed by atoms with E-state index < -0.39 is 68.9 Å². The van der Waals surface area contributed by atoms with Crippen LogP contribution in [0.4, 0.5) is 19.1 Å². The lowest BCUT2D eigenvalue weighted by molar-refractivity contribution is -0.167. The second-order valence-electron chi connectivity index (χ2n) is 9.38. The Morgan fingerprint density at radius 3 is 2.67 bits per heavy atom. The van der Waals surface area contributed by atoms with Crippen molar-refractivity contribution in [2.75, 3.05) is 12.3 Å². The van der Waals surface area contributed by atoms with Gasteiger partial charge in [0.05, 0.1) is 19.0 Å². The van der Waals surface area contributed by atoms with Crippen LogP contribution in [0.5, 0.6) is 5.75 Å². The minimum Gasteiger partial charge on any atom is -0.462 e. The van der Waals surface area contributed by atoms with Crippen LogP contribution in [0, 0.1) is 0 Å². The second-order valence-corrected chi connectivity index (χ2v) is 11.1. The maximum Gasteiger partial charge on any atom is 0.459 e. The fraction of sp³-hybridized carbons (Fsp3) is 0.478. The number of rotatable bonds is 11. The molecular formula is C23H28F3N6O7P. The summed E-state index contributed by atoms with van der Waals surface area (Å²) in [6.45, 7) is 3.44. The highest BCUT2D eigenvalue weighted by atomic mass is 31.2. The zero-order valence-corrected chi connectivity index (χ0v) is 22.5. The minimum absolute atomic E-state index is 0.0428. The molecule has 1 aromatic carbocycles. The number of aromatic nitrogens is 4. The van der Waals surface area contributed by atoms with E-state index in [0.29, 0.717) is 0 Å². The van der Waals surface area contributed by atoms with Crippen LogP contribution in [0.2, 0.25) is 0 Å². The number of hydrogen-bond acceptors (Lipinski definition) is 10. The molecule has 1 unspecified atom stereocenters. The summed E-state index contributed by atoms with van der Waals surface area (Å²) in [5.74, 6) is -1.05. The van der Waals surface area contributed by atoms with Gasteiger partial charge in [0.1, 0.15) is 18.0 Å². The van der Waals surface area contributed by atoms with Crippen molar-refractivity contribution < 1.29 is 41.1 Å². The van der Waals surface area contributed by atoms with Crippen LogP contribution in [0.25, 0.3) is 11.2 Å². The van der Waals surface area contributed by atoms with Crippen LogP contribution in [0.1, 0.15) is 33.4 Å². The Morgan fingerprint density at radius 1 is 1.32 bits per heavy atom. The molecule has 1 aliphatic rings. The first-order valence-electron chi connectivity index (χ1n) is 12.1. The number of H-pyrrole nitrogens is 1. The van der Waals surface area contributed by atoms with Crippen molar-refractivity contribution in [1.82, 2.24) is 24.6 Å². The van der Waals surface area contributed by atoms with Gasteiger partial charge in [-0.05, 0) is 32.9 Å². The lowest BCUT2D eigenvalue weighted by Crippen LogP contribution is -2.43. The molecule has 0 bridgehead atoms. The van der Waals surface area contributed by atoms with Gasteiger partial charge < -0.3 is 19.7 Å². The number of esters is 1. The number of fused-ring (bicyclic) bond motifs is 1. The number of benzene rings is 1. The summed E-state index contributed by atoms with van der Waals surface area (Å²) in [5, 5.41) is 2.38. The molecular weight excluding hydrogens is 560 g/mol. The predicted molar refractivity (Wildman–Crippen MR) is 135 cm³/mol. The van der Waals surface area contributed by atoms with Crippen LogP contribution < -0.4 is 20.9 Å². The molecule has 3 heterocycles. The first-order chi connectivity index (χ1) is 18.8. The van der Waals surface area contributed by atoms with Gasteiger partial charge in [-0.3, -0.25) is 23.7 Å². The highest BCUT2D eigenvalue weighted by Crippen LogP contribution is 2.49. The van der Waals surface area contributed by atoms with Gasteiger partial charge in [0.2, 0.25) is 5.95 Å². The highest BCUT2D eigenvalue weighted by Gasteiger charge is 2.55. The van der Waals surface area contributed by atoms with Crippen molar-refractivity contribution >= 4 is 30.8 Å². The molecule has 0 radical (unpaired) electrons. The van der Waals surface area contributed by atoms with E-state index in [1.807, 2.05) is 0 Å². The Balaban J connectivity index is 1.60. The van der Waals surface area contributed by atoms with Crippen molar-refractivity contribution in [2.24, 2.45) is 0 Å². The SMILES string of the molecule is CC(C)OC(=O)[C@H](C)NP(=O)(OC[C@]1(C(F)F)C[C@@H](F)[C@H](n2cnc3c(=O)[nH]c(N)nc32)O1)Oc1ccccc1. The Kier molecular flexibility index (Phi) is 8.54. The molecule has 4 rings (SSSR count). The summed E-state index contributed by atoms with van der Waals surface area (Å²) in [5.41, 5.74) is 1.86. The molecule has 13 nitrogen and oxygen atoms in total. The molecule has 0 saturated carbocycles. The first-order valence-corrected chi connectivity index (χ1v) is 13.7. The number of anilines is 1. The Hall–Kier alpha value is -3.46. The van der Waals surface area contributed by atoms with Crippen LogP contribution >= 0.6 is 7.75 Å². The number of carbonyl (C=O) groups excluding carboxylic acids is 1. The molecule has 5 atom stereocenters. The van der Waals surface area contributed by atoms with Crippen molar-refractivity contribution in [1.29, 1.82) is 0 Å². The van der Waals surface area contributed by atoms with Gasteiger partial charge in [-0.15, -0.1) is 0 Å². The van der Waals surface area contributed by atoms with Gasteiger partial charge in [-0.1, -0.05) is 18.2 Å². The van der Waals surface area contributed by atoms with Gasteiger partial charge in [0.25, 0.3) is 12.0 Å². The predicted octanol–water partition coefficient (Wildman–Crippen LogP) is 3.10. The fourth-order valence-electron chi connectivity index (χ4n) is 3.98. The van der Waals surface area contributed by atoms with Crippen molar-refractivity contribution in [3.63, 3.8) is 0 Å². The second kappa shape index (κ2) is 11.6. The van der Waals surface area contributed by atoms with Crippen molar-refractivity contribution in [3.05, 3.63) is 47.0 Å². The number of aromatic amines is 1. The van der Waals surface area contributed by atoms with Gasteiger partial charge in [-0.25, -0.2) is 22.7 Å². The molecule has 40 heavy (non-hydrogen) atoms. The van der Waals surface area contributed by atoms with Gasteiger partial charge in [-0.2, -0.15) is 10.1 Å². The molecule has 2 aromatic heterocycles. The smallest absolute Gasteiger partial charge is 0.459 e. The Morgan fingerprint density at radius 2 is 2.02 bits per heavy atom. The number of nitrogens with one attached hydrogen (secondary N) is 2. The number of halogens is 3. The maximum absolute atomic E-state index is 15.3. The Bertz CT molecular complexity index is 1460. The number of nitrogens with zero attached hydrogens (tertiary/aromatic N) is 3. The fourth-order valence-corrected chi connectivity index (χ4v) is 5.53. The highest BCUT2D eigenvalue weighted by molar-refractivity contribution is 7.52. The number of nitrogen functional groups attached to an aromatic ring is 1. The summed E-state index contributed by atoms with van der Waals surface area (Å²) >= 11 is 0. The van der Waals surface area contributed by atoms with E-state index in [1.165, 1.54) is 19.1 Å². The lowest BCUT2D eigenvalue weighted by atomic mass is 10.0. The number of alkyl halides is 3. The zero-order valence-electron chi connectivity index (χ0n) is 21.6. The molecule has 4 N–H and O–H groups in total. The van der Waals surface area contributed by atoms with E-state index in [-0.39, 0.29) is 22.9 Å². The molecule has 3 aromatic rings. The molecule has 0 aliphatic carbocycles. The van der Waals surface area contributed by atoms with E-state index >= 15 is 4.39 Å². The minimum atomic E-state index is -4.56. The van der Waals surface area contributed by atoms with Crippen molar-refractivity contribution in [2.45, 2.75) is 63.8 Å². The summed E-state index contributed by atoms with van der Waals surface area (Å²) in [4.78, 5) is 34.4. The normalized spacial score (nSPS) is 23.4. The summed E-state index contributed by atoms with van der Waals surface area (Å²) in [6.07, 6.45) is -7.42. The van der Waals surface area contributed by atoms with Crippen LogP contribution in [0.15, 0.2) is 41.5 Å². The molecule has 1 saturated heterocycles. The van der Waals surface area contributed by atoms with E-state index in [1.54, 1.807) is 32.0 Å². The zero-order chi connectivity index (χ0) is 29.2. The third-order valence-electron chi connectivity index (χ3n) is 5.83. The topological polar surface area (TPSA) is 173 Å². The molecule has 218 valence electrons. The van der Waals surface area contributed by atoms with Crippen LogP contribution in [-0.2, 0) is 23.4 Å². The first kappa shape index (κ1) is 29.5. The monoisotopic (exact) mass is 588 g/mol. The van der Waals surface area contributed by atoms with E-state index in [4.69, 9.17) is 24.3 Å². The van der Waals surface area contributed by atoms with Crippen molar-refractivity contribution in [3.8, 4) is 5.75 Å². The number of hydrogen-bond donors (Lipinski definition) is 3. The third kappa shape index (κ3) is 6.30. The number of nitrogens with two attached hydrogens (primary N) is 1. The lowest BCUT2D eigenvalue weighted by Gasteiger charge is -2.30. The quantitative estimate of drug-likeness (QED) is 0.222. The van der Waals surface area contributed by atoms with Gasteiger partial charge >= 0.3 is 13.7 Å². The van der Waals surface area contributed by atoms with Crippen LogP contribution in [0.3, 0.4) is 0 Å². The molecule has 1 fully saturated rings. The van der Waals surface area contributed by atoms with Gasteiger partial charge in [0.15, 0.2) is 23.0 Å². The van der Waals surface area contributed by atoms with Gasteiger partial charge in [0, 0.05) is 6.42 Å².